The van der Waals surface area contributed by atoms with E-state index in [2.05, 4.69) is 13.8 Å². The van der Waals surface area contributed by atoms with E-state index >= 15 is 0 Å². The van der Waals surface area contributed by atoms with Crippen molar-refractivity contribution in [1.29, 1.82) is 0 Å². The predicted molar refractivity (Wildman–Crippen MR) is 67.2 cm³/mol. The zero-order valence-electron chi connectivity index (χ0n) is 10.9. The maximum atomic E-state index is 9.47. The number of rotatable bonds is 6. The maximum absolute atomic E-state index is 9.47. The first kappa shape index (κ1) is 14.0. The molecule has 1 fully saturated rings. The Bertz CT molecular complexity index is 174. The quantitative estimate of drug-likeness (QED) is 0.734. The Morgan fingerprint density at radius 2 is 1.62 bits per heavy atom. The summed E-state index contributed by atoms with van der Waals surface area (Å²) in [6.45, 7) is 4.91. The average molecular weight is 228 g/mol. The Morgan fingerprint density at radius 1 is 1.00 bits per heavy atom. The zero-order chi connectivity index (χ0) is 12.0. The summed E-state index contributed by atoms with van der Waals surface area (Å²) in [6, 6.07) is 0. The molecule has 2 unspecified atom stereocenters. The fraction of sp³-hybridized carbons (Fsp3) is 1.00. The van der Waals surface area contributed by atoms with Gasteiger partial charge in [0, 0.05) is 6.61 Å². The van der Waals surface area contributed by atoms with Crippen molar-refractivity contribution >= 4 is 0 Å². The first-order chi connectivity index (χ1) is 7.63. The van der Waals surface area contributed by atoms with Crippen LogP contribution >= 0.6 is 0 Å². The van der Waals surface area contributed by atoms with Gasteiger partial charge in [-0.15, -0.1) is 0 Å². The van der Waals surface area contributed by atoms with Gasteiger partial charge >= 0.3 is 0 Å². The van der Waals surface area contributed by atoms with Crippen molar-refractivity contribution in [3.63, 3.8) is 0 Å². The molecule has 1 saturated carbocycles. The predicted octanol–water partition coefficient (Wildman–Crippen LogP) is 2.97. The molecule has 2 nitrogen and oxygen atoms in total. The van der Waals surface area contributed by atoms with Crippen molar-refractivity contribution in [1.82, 2.24) is 0 Å². The highest BCUT2D eigenvalue weighted by Crippen LogP contribution is 2.33. The first-order valence-corrected chi connectivity index (χ1v) is 6.92. The van der Waals surface area contributed by atoms with E-state index in [-0.39, 0.29) is 6.10 Å². The monoisotopic (exact) mass is 228 g/mol. The Kier molecular flexibility index (Phi) is 6.37. The molecular weight excluding hydrogens is 200 g/mol. The summed E-state index contributed by atoms with van der Waals surface area (Å²) in [5, 5.41) is 18.3. The molecule has 0 aromatic rings. The number of hydrogen-bond donors (Lipinski definition) is 2. The van der Waals surface area contributed by atoms with Crippen LogP contribution in [0.4, 0.5) is 0 Å². The van der Waals surface area contributed by atoms with Crippen molar-refractivity contribution in [2.45, 2.75) is 64.9 Å². The second-order valence-electron chi connectivity index (χ2n) is 5.74. The smallest absolute Gasteiger partial charge is 0.0540 e. The van der Waals surface area contributed by atoms with Gasteiger partial charge in [-0.05, 0) is 49.9 Å². The molecule has 0 aromatic heterocycles. The van der Waals surface area contributed by atoms with Crippen molar-refractivity contribution in [3.05, 3.63) is 0 Å². The van der Waals surface area contributed by atoms with E-state index in [1.165, 1.54) is 25.7 Å². The Hall–Kier alpha value is -0.0800. The van der Waals surface area contributed by atoms with Gasteiger partial charge in [0.25, 0.3) is 0 Å². The summed E-state index contributed by atoms with van der Waals surface area (Å²) in [7, 11) is 0. The van der Waals surface area contributed by atoms with E-state index in [1.807, 2.05) is 0 Å². The molecule has 0 heterocycles. The van der Waals surface area contributed by atoms with E-state index in [0.29, 0.717) is 12.5 Å². The number of aliphatic hydroxyl groups excluding tert-OH is 2. The van der Waals surface area contributed by atoms with Gasteiger partial charge in [-0.2, -0.15) is 0 Å². The Morgan fingerprint density at radius 3 is 2.19 bits per heavy atom. The molecule has 1 rings (SSSR count). The average Bonchev–Trinajstić information content (AvgIpc) is 2.27. The van der Waals surface area contributed by atoms with Crippen LogP contribution in [0.2, 0.25) is 0 Å². The van der Waals surface area contributed by atoms with Crippen molar-refractivity contribution in [3.8, 4) is 0 Å². The van der Waals surface area contributed by atoms with Gasteiger partial charge in [0.1, 0.15) is 0 Å². The van der Waals surface area contributed by atoms with Crippen LogP contribution in [0.3, 0.4) is 0 Å². The highest BCUT2D eigenvalue weighted by atomic mass is 16.3. The van der Waals surface area contributed by atoms with Crippen LogP contribution < -0.4 is 0 Å². The van der Waals surface area contributed by atoms with E-state index in [9.17, 15) is 5.11 Å². The third-order valence-corrected chi connectivity index (χ3v) is 4.28. The fourth-order valence-corrected chi connectivity index (χ4v) is 2.82. The fourth-order valence-electron chi connectivity index (χ4n) is 2.82. The van der Waals surface area contributed by atoms with E-state index in [4.69, 9.17) is 5.11 Å². The standard InChI is InChI=1S/C14H28O2/c1-11(9-10-15)3-4-12(2)13-5-7-14(16)8-6-13/h11-16H,3-10H2,1-2H3/t11?,12?,13-,14+. The molecular formula is C14H28O2. The summed E-state index contributed by atoms with van der Waals surface area (Å²) in [6.07, 6.45) is 7.84. The van der Waals surface area contributed by atoms with Gasteiger partial charge in [-0.25, -0.2) is 0 Å². The molecule has 0 spiro atoms. The van der Waals surface area contributed by atoms with Gasteiger partial charge < -0.3 is 10.2 Å². The molecule has 0 aliphatic heterocycles. The molecule has 0 saturated heterocycles. The van der Waals surface area contributed by atoms with Crippen molar-refractivity contribution < 1.29 is 10.2 Å². The molecule has 2 atom stereocenters. The summed E-state index contributed by atoms with van der Waals surface area (Å²) in [5.74, 6) is 2.26. The van der Waals surface area contributed by atoms with Gasteiger partial charge in [0.05, 0.1) is 6.10 Å². The van der Waals surface area contributed by atoms with E-state index in [0.717, 1.165) is 31.1 Å². The minimum Gasteiger partial charge on any atom is -0.396 e. The molecule has 0 amide bonds. The molecule has 1 aliphatic carbocycles. The second-order valence-corrected chi connectivity index (χ2v) is 5.74. The van der Waals surface area contributed by atoms with Gasteiger partial charge in [0.15, 0.2) is 0 Å². The third-order valence-electron chi connectivity index (χ3n) is 4.28. The highest BCUT2D eigenvalue weighted by molar-refractivity contribution is 4.75. The molecule has 16 heavy (non-hydrogen) atoms. The zero-order valence-corrected chi connectivity index (χ0v) is 10.9. The van der Waals surface area contributed by atoms with Crippen LogP contribution in [0.1, 0.15) is 58.8 Å². The molecule has 0 radical (unpaired) electrons. The van der Waals surface area contributed by atoms with Gasteiger partial charge in [-0.3, -0.25) is 0 Å². The minimum absolute atomic E-state index is 0.0308. The van der Waals surface area contributed by atoms with Crippen LogP contribution in [0, 0.1) is 17.8 Å². The molecule has 1 aliphatic rings. The SMILES string of the molecule is CC(CCO)CCC(C)[C@H]1CC[C@@H](O)CC1. The molecule has 0 bridgehead atoms. The molecule has 2 heteroatoms. The largest absolute Gasteiger partial charge is 0.396 e. The lowest BCUT2D eigenvalue weighted by atomic mass is 9.77. The van der Waals surface area contributed by atoms with Crippen LogP contribution in [-0.2, 0) is 0 Å². The topological polar surface area (TPSA) is 40.5 Å². The van der Waals surface area contributed by atoms with E-state index < -0.39 is 0 Å². The van der Waals surface area contributed by atoms with Gasteiger partial charge in [-0.1, -0.05) is 26.7 Å². The van der Waals surface area contributed by atoms with Crippen molar-refractivity contribution in [2.24, 2.45) is 17.8 Å². The highest BCUT2D eigenvalue weighted by Gasteiger charge is 2.23. The summed E-state index contributed by atoms with van der Waals surface area (Å²) in [4.78, 5) is 0. The molecule has 2 N–H and O–H groups in total. The first-order valence-electron chi connectivity index (χ1n) is 6.92. The van der Waals surface area contributed by atoms with Gasteiger partial charge in [0.2, 0.25) is 0 Å². The maximum Gasteiger partial charge on any atom is 0.0540 e. The van der Waals surface area contributed by atoms with E-state index in [1.54, 1.807) is 0 Å². The number of hydrogen-bond acceptors (Lipinski definition) is 2. The van der Waals surface area contributed by atoms with Crippen LogP contribution in [0.25, 0.3) is 0 Å². The summed E-state index contributed by atoms with van der Waals surface area (Å²) < 4.78 is 0. The molecule has 0 aromatic carbocycles. The molecule has 96 valence electrons. The minimum atomic E-state index is -0.0308. The van der Waals surface area contributed by atoms with Crippen molar-refractivity contribution in [2.75, 3.05) is 6.61 Å². The third kappa shape index (κ3) is 4.84. The normalized spacial score (nSPS) is 30.0. The van der Waals surface area contributed by atoms with Crippen LogP contribution in [0.5, 0.6) is 0 Å². The Labute approximate surface area is 100 Å². The number of aliphatic hydroxyl groups is 2. The lowest BCUT2D eigenvalue weighted by molar-refractivity contribution is 0.0907. The van der Waals surface area contributed by atoms with Crippen LogP contribution in [0.15, 0.2) is 0 Å². The summed E-state index contributed by atoms with van der Waals surface area (Å²) >= 11 is 0. The summed E-state index contributed by atoms with van der Waals surface area (Å²) in [5.41, 5.74) is 0. The Balaban J connectivity index is 2.16. The lowest BCUT2D eigenvalue weighted by Gasteiger charge is -2.30. The second kappa shape index (κ2) is 7.29. The lowest BCUT2D eigenvalue weighted by Crippen LogP contribution is -2.23. The van der Waals surface area contributed by atoms with Crippen LogP contribution in [-0.4, -0.2) is 22.9 Å².